The van der Waals surface area contributed by atoms with E-state index in [1.54, 1.807) is 0 Å². The maximum Gasteiger partial charge on any atom is 0.121 e. The van der Waals surface area contributed by atoms with Gasteiger partial charge in [-0.15, -0.1) is 0 Å². The van der Waals surface area contributed by atoms with Gasteiger partial charge in [0.15, 0.2) is 0 Å². The fourth-order valence-corrected chi connectivity index (χ4v) is 1.67. The number of rotatable bonds is 4. The quantitative estimate of drug-likeness (QED) is 0.838. The van der Waals surface area contributed by atoms with Crippen LogP contribution in [0.4, 0.5) is 0 Å². The molecular formula is C14H20N2. The van der Waals surface area contributed by atoms with Crippen molar-refractivity contribution in [1.82, 2.24) is 5.32 Å². The van der Waals surface area contributed by atoms with Gasteiger partial charge in [0, 0.05) is 6.04 Å². The van der Waals surface area contributed by atoms with Gasteiger partial charge in [0.1, 0.15) is 6.04 Å². The zero-order valence-corrected chi connectivity index (χ0v) is 10.5. The average Bonchev–Trinajstić information content (AvgIpc) is 2.29. The molecule has 2 heteroatoms. The van der Waals surface area contributed by atoms with Crippen molar-refractivity contribution in [3.05, 3.63) is 34.9 Å². The Hall–Kier alpha value is -1.33. The van der Waals surface area contributed by atoms with Crippen molar-refractivity contribution >= 4 is 0 Å². The van der Waals surface area contributed by atoms with Crippen LogP contribution in [0.2, 0.25) is 0 Å². The summed E-state index contributed by atoms with van der Waals surface area (Å²) in [4.78, 5) is 0. The van der Waals surface area contributed by atoms with Crippen molar-refractivity contribution in [2.75, 3.05) is 0 Å². The van der Waals surface area contributed by atoms with Crippen LogP contribution in [-0.4, -0.2) is 6.04 Å². The van der Waals surface area contributed by atoms with Crippen molar-refractivity contribution in [2.24, 2.45) is 0 Å². The first-order chi connectivity index (χ1) is 7.58. The third-order valence-electron chi connectivity index (χ3n) is 2.94. The number of aryl methyl sites for hydroxylation is 2. The van der Waals surface area contributed by atoms with Gasteiger partial charge in [-0.3, -0.25) is 5.32 Å². The van der Waals surface area contributed by atoms with E-state index in [4.69, 9.17) is 0 Å². The second-order valence-electron chi connectivity index (χ2n) is 4.40. The summed E-state index contributed by atoms with van der Waals surface area (Å²) < 4.78 is 0. The first kappa shape index (κ1) is 12.7. The number of nitrogens with one attached hydrogen (secondary N) is 1. The van der Waals surface area contributed by atoms with E-state index in [2.05, 4.69) is 57.3 Å². The monoisotopic (exact) mass is 216 g/mol. The fraction of sp³-hybridized carbons (Fsp3) is 0.500. The van der Waals surface area contributed by atoms with Crippen molar-refractivity contribution in [3.8, 4) is 6.07 Å². The van der Waals surface area contributed by atoms with E-state index in [0.29, 0.717) is 6.04 Å². The van der Waals surface area contributed by atoms with Gasteiger partial charge in [-0.05, 0) is 38.3 Å². The molecule has 0 aliphatic rings. The van der Waals surface area contributed by atoms with Gasteiger partial charge in [0.05, 0.1) is 6.07 Å². The summed E-state index contributed by atoms with van der Waals surface area (Å²) in [6.45, 7) is 8.34. The SMILES string of the molecule is CCC(C)NC(C#N)c1cc(C)ccc1C. The maximum atomic E-state index is 9.23. The lowest BCUT2D eigenvalue weighted by molar-refractivity contribution is 0.500. The Morgan fingerprint density at radius 2 is 2.06 bits per heavy atom. The Bertz CT molecular complexity index is 390. The molecule has 86 valence electrons. The van der Waals surface area contributed by atoms with Crippen LogP contribution >= 0.6 is 0 Å². The number of hydrogen-bond acceptors (Lipinski definition) is 2. The van der Waals surface area contributed by atoms with Gasteiger partial charge in [-0.1, -0.05) is 30.7 Å². The number of hydrogen-bond donors (Lipinski definition) is 1. The van der Waals surface area contributed by atoms with Gasteiger partial charge < -0.3 is 0 Å². The molecule has 0 saturated carbocycles. The first-order valence-electron chi connectivity index (χ1n) is 5.81. The molecule has 1 rings (SSSR count). The molecule has 16 heavy (non-hydrogen) atoms. The van der Waals surface area contributed by atoms with E-state index in [-0.39, 0.29) is 6.04 Å². The smallest absolute Gasteiger partial charge is 0.121 e. The Labute approximate surface area is 98.3 Å². The molecule has 0 heterocycles. The number of nitrogens with zero attached hydrogens (tertiary/aromatic N) is 1. The Kier molecular flexibility index (Phi) is 4.52. The van der Waals surface area contributed by atoms with Crippen molar-refractivity contribution < 1.29 is 0 Å². The lowest BCUT2D eigenvalue weighted by atomic mass is 9.99. The average molecular weight is 216 g/mol. The summed E-state index contributed by atoms with van der Waals surface area (Å²) in [7, 11) is 0. The standard InChI is InChI=1S/C14H20N2/c1-5-12(4)16-14(9-15)13-8-10(2)6-7-11(13)3/h6-8,12,14,16H,5H2,1-4H3. The zero-order valence-electron chi connectivity index (χ0n) is 10.5. The predicted octanol–water partition coefficient (Wildman–Crippen LogP) is 3.26. The lowest BCUT2D eigenvalue weighted by Crippen LogP contribution is -2.29. The molecule has 0 spiro atoms. The topological polar surface area (TPSA) is 35.8 Å². The van der Waals surface area contributed by atoms with E-state index in [9.17, 15) is 5.26 Å². The number of benzene rings is 1. The summed E-state index contributed by atoms with van der Waals surface area (Å²) in [6.07, 6.45) is 1.03. The van der Waals surface area contributed by atoms with E-state index < -0.39 is 0 Å². The van der Waals surface area contributed by atoms with E-state index in [1.165, 1.54) is 11.1 Å². The van der Waals surface area contributed by atoms with Gasteiger partial charge in [0.25, 0.3) is 0 Å². The Morgan fingerprint density at radius 1 is 1.38 bits per heavy atom. The van der Waals surface area contributed by atoms with Crippen LogP contribution in [0.3, 0.4) is 0 Å². The first-order valence-corrected chi connectivity index (χ1v) is 5.81. The van der Waals surface area contributed by atoms with Crippen LogP contribution in [0.25, 0.3) is 0 Å². The van der Waals surface area contributed by atoms with Crippen molar-refractivity contribution in [3.63, 3.8) is 0 Å². The van der Waals surface area contributed by atoms with Crippen LogP contribution in [0, 0.1) is 25.2 Å². The highest BCUT2D eigenvalue weighted by Gasteiger charge is 2.14. The largest absolute Gasteiger partial charge is 0.296 e. The van der Waals surface area contributed by atoms with Gasteiger partial charge in [0.2, 0.25) is 0 Å². The van der Waals surface area contributed by atoms with Crippen LogP contribution in [0.1, 0.15) is 43.0 Å². The van der Waals surface area contributed by atoms with Gasteiger partial charge >= 0.3 is 0 Å². The summed E-state index contributed by atoms with van der Waals surface area (Å²) in [6, 6.07) is 8.76. The molecule has 0 aliphatic carbocycles. The minimum absolute atomic E-state index is 0.199. The Balaban J connectivity index is 2.95. The maximum absolute atomic E-state index is 9.23. The van der Waals surface area contributed by atoms with Crippen molar-refractivity contribution in [1.29, 1.82) is 5.26 Å². The molecule has 0 aliphatic heterocycles. The molecule has 2 unspecified atom stereocenters. The molecule has 1 N–H and O–H groups in total. The third kappa shape index (κ3) is 3.08. The number of nitriles is 1. The minimum atomic E-state index is -0.199. The third-order valence-corrected chi connectivity index (χ3v) is 2.94. The summed E-state index contributed by atoms with van der Waals surface area (Å²) >= 11 is 0. The Morgan fingerprint density at radius 3 is 2.62 bits per heavy atom. The van der Waals surface area contributed by atoms with Crippen LogP contribution in [0.15, 0.2) is 18.2 Å². The second kappa shape index (κ2) is 5.67. The summed E-state index contributed by atoms with van der Waals surface area (Å²) in [5, 5.41) is 12.6. The highest BCUT2D eigenvalue weighted by molar-refractivity contribution is 5.35. The molecule has 0 saturated heterocycles. The van der Waals surface area contributed by atoms with Crippen LogP contribution < -0.4 is 5.32 Å². The molecular weight excluding hydrogens is 196 g/mol. The molecule has 1 aromatic rings. The molecule has 0 aromatic heterocycles. The highest BCUT2D eigenvalue weighted by atomic mass is 14.9. The van der Waals surface area contributed by atoms with Crippen LogP contribution in [-0.2, 0) is 0 Å². The molecule has 1 aromatic carbocycles. The van der Waals surface area contributed by atoms with E-state index >= 15 is 0 Å². The molecule has 2 atom stereocenters. The highest BCUT2D eigenvalue weighted by Crippen LogP contribution is 2.19. The van der Waals surface area contributed by atoms with E-state index in [0.717, 1.165) is 12.0 Å². The molecule has 0 radical (unpaired) electrons. The van der Waals surface area contributed by atoms with Crippen molar-refractivity contribution in [2.45, 2.75) is 46.2 Å². The molecule has 0 amide bonds. The van der Waals surface area contributed by atoms with Gasteiger partial charge in [-0.2, -0.15) is 5.26 Å². The normalized spacial score (nSPS) is 14.2. The minimum Gasteiger partial charge on any atom is -0.296 e. The molecule has 0 fully saturated rings. The van der Waals surface area contributed by atoms with Crippen LogP contribution in [0.5, 0.6) is 0 Å². The predicted molar refractivity (Wildman–Crippen MR) is 67.2 cm³/mol. The molecule has 2 nitrogen and oxygen atoms in total. The van der Waals surface area contributed by atoms with Gasteiger partial charge in [-0.25, -0.2) is 0 Å². The van der Waals surface area contributed by atoms with E-state index in [1.807, 2.05) is 0 Å². The zero-order chi connectivity index (χ0) is 12.1. The second-order valence-corrected chi connectivity index (χ2v) is 4.40. The lowest BCUT2D eigenvalue weighted by Gasteiger charge is -2.19. The summed E-state index contributed by atoms with van der Waals surface area (Å²) in [5.74, 6) is 0. The fourth-order valence-electron chi connectivity index (χ4n) is 1.67. The molecule has 0 bridgehead atoms. The summed E-state index contributed by atoms with van der Waals surface area (Å²) in [5.41, 5.74) is 3.47.